The van der Waals surface area contributed by atoms with Crippen LogP contribution in [0.5, 0.6) is 0 Å². The van der Waals surface area contributed by atoms with Crippen molar-refractivity contribution in [2.45, 2.75) is 26.3 Å². The van der Waals surface area contributed by atoms with Gasteiger partial charge in [-0.3, -0.25) is 0 Å². The first-order valence-electron chi connectivity index (χ1n) is 8.91. The van der Waals surface area contributed by atoms with Crippen LogP contribution in [0.3, 0.4) is 0 Å². The molecule has 0 radical (unpaired) electrons. The van der Waals surface area contributed by atoms with E-state index in [1.165, 1.54) is 12.0 Å². The van der Waals surface area contributed by atoms with Crippen molar-refractivity contribution in [2.24, 2.45) is 5.92 Å². The molecule has 0 spiro atoms. The summed E-state index contributed by atoms with van der Waals surface area (Å²) in [5, 5.41) is 7.50. The van der Waals surface area contributed by atoms with Gasteiger partial charge in [0.25, 0.3) is 0 Å². The number of aryl methyl sites for hydroxylation is 1. The number of anilines is 1. The van der Waals surface area contributed by atoms with Crippen molar-refractivity contribution in [3.8, 4) is 5.69 Å². The number of carbonyl (C=O) groups is 1. The van der Waals surface area contributed by atoms with Gasteiger partial charge in [-0.1, -0.05) is 12.1 Å². The molecule has 3 heterocycles. The molecule has 6 heteroatoms. The largest absolute Gasteiger partial charge is 0.323 e. The Labute approximate surface area is 148 Å². The van der Waals surface area contributed by atoms with Crippen molar-refractivity contribution in [2.75, 3.05) is 32.0 Å². The second-order valence-electron chi connectivity index (χ2n) is 7.33. The summed E-state index contributed by atoms with van der Waals surface area (Å²) in [6.07, 6.45) is 2.92. The molecular weight excluding hydrogens is 314 g/mol. The minimum atomic E-state index is -0.0188. The van der Waals surface area contributed by atoms with Crippen LogP contribution in [0.25, 0.3) is 5.69 Å². The molecular formula is C19H25N5O. The van der Waals surface area contributed by atoms with E-state index in [9.17, 15) is 4.79 Å². The lowest BCUT2D eigenvalue weighted by atomic mass is 10.1. The van der Waals surface area contributed by atoms with Crippen LogP contribution in [0.4, 0.5) is 10.5 Å². The topological polar surface area (TPSA) is 53.4 Å². The zero-order valence-corrected chi connectivity index (χ0v) is 15.1. The number of likely N-dealkylation sites (N-methyl/N-ethyl adjacent to an activating group) is 1. The molecule has 1 N–H and O–H groups in total. The number of likely N-dealkylation sites (tertiary alicyclic amines) is 2. The molecule has 132 valence electrons. The number of nitrogens with one attached hydrogen (secondary N) is 1. The van der Waals surface area contributed by atoms with Crippen LogP contribution in [-0.4, -0.2) is 58.3 Å². The Morgan fingerprint density at radius 2 is 2.12 bits per heavy atom. The molecule has 2 aliphatic rings. The number of amides is 2. The Hall–Kier alpha value is -2.34. The third-order valence-electron chi connectivity index (χ3n) is 5.61. The number of rotatable bonds is 2. The quantitative estimate of drug-likeness (QED) is 0.915. The highest BCUT2D eigenvalue weighted by Crippen LogP contribution is 2.30. The molecule has 0 aliphatic carbocycles. The molecule has 2 amide bonds. The molecule has 0 saturated carbocycles. The highest BCUT2D eigenvalue weighted by atomic mass is 16.2. The lowest BCUT2D eigenvalue weighted by Crippen LogP contribution is -2.37. The number of hydrogen-bond acceptors (Lipinski definition) is 3. The molecule has 2 saturated heterocycles. The summed E-state index contributed by atoms with van der Waals surface area (Å²) < 4.78 is 1.87. The lowest BCUT2D eigenvalue weighted by Gasteiger charge is -2.21. The molecule has 2 fully saturated rings. The summed E-state index contributed by atoms with van der Waals surface area (Å²) in [5.74, 6) is 0.617. The van der Waals surface area contributed by atoms with Gasteiger partial charge in [-0.25, -0.2) is 9.48 Å². The average molecular weight is 339 g/mol. The number of hydrogen-bond donors (Lipinski definition) is 1. The molecule has 2 atom stereocenters. The monoisotopic (exact) mass is 339 g/mol. The summed E-state index contributed by atoms with van der Waals surface area (Å²) >= 11 is 0. The fourth-order valence-corrected chi connectivity index (χ4v) is 4.08. The zero-order chi connectivity index (χ0) is 17.6. The molecule has 4 rings (SSSR count). The van der Waals surface area contributed by atoms with E-state index in [0.29, 0.717) is 12.0 Å². The van der Waals surface area contributed by atoms with Crippen LogP contribution in [0.1, 0.15) is 17.7 Å². The van der Waals surface area contributed by atoms with Crippen LogP contribution in [0, 0.1) is 19.8 Å². The lowest BCUT2D eigenvalue weighted by molar-refractivity contribution is 0.213. The molecule has 2 aliphatic heterocycles. The number of carbonyl (C=O) groups excluding carboxylic acids is 1. The maximum atomic E-state index is 12.7. The first-order chi connectivity index (χ1) is 12.0. The van der Waals surface area contributed by atoms with Gasteiger partial charge in [-0.05, 0) is 57.5 Å². The third-order valence-corrected chi connectivity index (χ3v) is 5.61. The van der Waals surface area contributed by atoms with Crippen LogP contribution in [0.15, 0.2) is 30.5 Å². The Morgan fingerprint density at radius 3 is 2.88 bits per heavy atom. The van der Waals surface area contributed by atoms with Crippen LogP contribution < -0.4 is 5.32 Å². The predicted octanol–water partition coefficient (Wildman–Crippen LogP) is 2.66. The molecule has 1 aromatic carbocycles. The molecule has 6 nitrogen and oxygen atoms in total. The predicted molar refractivity (Wildman–Crippen MR) is 98.2 cm³/mol. The van der Waals surface area contributed by atoms with Gasteiger partial charge in [-0.15, -0.1) is 0 Å². The summed E-state index contributed by atoms with van der Waals surface area (Å²) in [4.78, 5) is 17.0. The van der Waals surface area contributed by atoms with Gasteiger partial charge in [0.2, 0.25) is 0 Å². The number of aromatic nitrogens is 2. The van der Waals surface area contributed by atoms with E-state index in [1.807, 2.05) is 28.6 Å². The van der Waals surface area contributed by atoms with Crippen molar-refractivity contribution in [1.82, 2.24) is 19.6 Å². The summed E-state index contributed by atoms with van der Waals surface area (Å²) in [5.41, 5.74) is 3.91. The minimum Gasteiger partial charge on any atom is -0.323 e. The van der Waals surface area contributed by atoms with Gasteiger partial charge >= 0.3 is 6.03 Å². The maximum Gasteiger partial charge on any atom is 0.322 e. The van der Waals surface area contributed by atoms with Gasteiger partial charge in [0.15, 0.2) is 0 Å². The van der Waals surface area contributed by atoms with Crippen molar-refractivity contribution in [1.29, 1.82) is 0 Å². The Balaban J connectivity index is 1.48. The van der Waals surface area contributed by atoms with Crippen LogP contribution in [0.2, 0.25) is 0 Å². The first kappa shape index (κ1) is 16.1. The summed E-state index contributed by atoms with van der Waals surface area (Å²) in [6, 6.07) is 8.69. The highest BCUT2D eigenvalue weighted by Gasteiger charge is 2.41. The van der Waals surface area contributed by atoms with Crippen LogP contribution >= 0.6 is 0 Å². The van der Waals surface area contributed by atoms with Gasteiger partial charge in [0, 0.05) is 19.1 Å². The smallest absolute Gasteiger partial charge is 0.322 e. The van der Waals surface area contributed by atoms with Crippen molar-refractivity contribution in [3.63, 3.8) is 0 Å². The van der Waals surface area contributed by atoms with E-state index < -0.39 is 0 Å². The standard InChI is InChI=1S/C19H25N5O/c1-13-5-4-6-16(9-13)24-14(2)17(10-20-24)21-19(25)23-11-15-7-8-22(3)18(15)12-23/h4-6,9-10,15,18H,7-8,11-12H2,1-3H3,(H,21,25)/t15-,18+/m1/s1. The van der Waals surface area contributed by atoms with E-state index in [4.69, 9.17) is 0 Å². The molecule has 0 bridgehead atoms. The van der Waals surface area contributed by atoms with E-state index in [0.717, 1.165) is 36.7 Å². The van der Waals surface area contributed by atoms with Gasteiger partial charge in [0.05, 0.1) is 23.3 Å². The second kappa shape index (κ2) is 6.19. The fraction of sp³-hybridized carbons (Fsp3) is 0.474. The molecule has 2 aromatic rings. The number of nitrogens with zero attached hydrogens (tertiary/aromatic N) is 4. The van der Waals surface area contributed by atoms with Crippen LogP contribution in [-0.2, 0) is 0 Å². The third kappa shape index (κ3) is 2.91. The normalized spacial score (nSPS) is 23.1. The summed E-state index contributed by atoms with van der Waals surface area (Å²) in [6.45, 7) is 6.86. The average Bonchev–Trinajstić information content (AvgIpc) is 3.25. The summed E-state index contributed by atoms with van der Waals surface area (Å²) in [7, 11) is 2.15. The number of benzene rings is 1. The fourth-order valence-electron chi connectivity index (χ4n) is 4.08. The van der Waals surface area contributed by atoms with E-state index in [2.05, 4.69) is 41.4 Å². The zero-order valence-electron chi connectivity index (χ0n) is 15.1. The SMILES string of the molecule is Cc1cccc(-n2ncc(NC(=O)N3C[C@H]4CCN(C)[C@H]4C3)c2C)c1. The molecule has 25 heavy (non-hydrogen) atoms. The van der Waals surface area contributed by atoms with Gasteiger partial charge in [0.1, 0.15) is 0 Å². The van der Waals surface area contributed by atoms with Crippen molar-refractivity contribution < 1.29 is 4.79 Å². The van der Waals surface area contributed by atoms with Gasteiger partial charge < -0.3 is 15.1 Å². The molecule has 0 unspecified atom stereocenters. The van der Waals surface area contributed by atoms with Crippen molar-refractivity contribution >= 4 is 11.7 Å². The second-order valence-corrected chi connectivity index (χ2v) is 7.33. The van der Waals surface area contributed by atoms with E-state index in [1.54, 1.807) is 6.20 Å². The van der Waals surface area contributed by atoms with Gasteiger partial charge in [-0.2, -0.15) is 5.10 Å². The first-order valence-corrected chi connectivity index (χ1v) is 8.91. The number of urea groups is 1. The van der Waals surface area contributed by atoms with E-state index >= 15 is 0 Å². The van der Waals surface area contributed by atoms with E-state index in [-0.39, 0.29) is 6.03 Å². The Bertz CT molecular complexity index is 799. The van der Waals surface area contributed by atoms with Crippen molar-refractivity contribution in [3.05, 3.63) is 41.7 Å². The Morgan fingerprint density at radius 1 is 1.28 bits per heavy atom. The molecule has 1 aromatic heterocycles. The Kier molecular flexibility index (Phi) is 4.00. The number of fused-ring (bicyclic) bond motifs is 1. The maximum absolute atomic E-state index is 12.7. The minimum absolute atomic E-state index is 0.0188. The highest BCUT2D eigenvalue weighted by molar-refractivity contribution is 5.90.